The SMILES string of the molecule is CCC(C)(C)NC(=O)CSc1nc2ccccc2c(=O)n1Cc1ccc(C)cc1. The molecule has 5 nitrogen and oxygen atoms in total. The molecule has 3 rings (SSSR count). The molecule has 1 N–H and O–H groups in total. The maximum atomic E-state index is 13.1. The Hall–Kier alpha value is -2.60. The van der Waals surface area contributed by atoms with Crippen LogP contribution in [0.3, 0.4) is 0 Å². The number of aryl methyl sites for hydroxylation is 1. The third kappa shape index (κ3) is 5.26. The van der Waals surface area contributed by atoms with Gasteiger partial charge in [0.1, 0.15) is 0 Å². The first-order valence-electron chi connectivity index (χ1n) is 9.78. The minimum atomic E-state index is -0.254. The van der Waals surface area contributed by atoms with Crippen LogP contribution in [-0.4, -0.2) is 26.8 Å². The Balaban J connectivity index is 1.93. The summed E-state index contributed by atoms with van der Waals surface area (Å²) in [5.74, 6) is 0.147. The van der Waals surface area contributed by atoms with Crippen LogP contribution in [-0.2, 0) is 11.3 Å². The lowest BCUT2D eigenvalue weighted by Gasteiger charge is -2.24. The fourth-order valence-corrected chi connectivity index (χ4v) is 3.70. The minimum Gasteiger partial charge on any atom is -0.351 e. The van der Waals surface area contributed by atoms with Crippen molar-refractivity contribution in [3.63, 3.8) is 0 Å². The van der Waals surface area contributed by atoms with Gasteiger partial charge in [0.2, 0.25) is 5.91 Å². The summed E-state index contributed by atoms with van der Waals surface area (Å²) < 4.78 is 1.66. The number of hydrogen-bond donors (Lipinski definition) is 1. The second-order valence-electron chi connectivity index (χ2n) is 7.86. The summed E-state index contributed by atoms with van der Waals surface area (Å²) in [6.07, 6.45) is 0.843. The molecule has 0 atom stereocenters. The molecule has 0 unspecified atom stereocenters. The lowest BCUT2D eigenvalue weighted by Crippen LogP contribution is -2.43. The number of thioether (sulfide) groups is 1. The molecule has 1 amide bonds. The predicted octanol–water partition coefficient (Wildman–Crippen LogP) is 4.15. The molecule has 0 saturated heterocycles. The van der Waals surface area contributed by atoms with Crippen molar-refractivity contribution < 1.29 is 4.79 Å². The Morgan fingerprint density at radius 2 is 1.83 bits per heavy atom. The van der Waals surface area contributed by atoms with E-state index in [1.165, 1.54) is 17.3 Å². The van der Waals surface area contributed by atoms with Crippen molar-refractivity contribution in [3.8, 4) is 0 Å². The average molecular weight is 410 g/mol. The van der Waals surface area contributed by atoms with Crippen LogP contribution in [0.5, 0.6) is 0 Å². The molecule has 0 fully saturated rings. The highest BCUT2D eigenvalue weighted by atomic mass is 32.2. The lowest BCUT2D eigenvalue weighted by molar-refractivity contribution is -0.120. The van der Waals surface area contributed by atoms with Crippen LogP contribution >= 0.6 is 11.8 Å². The van der Waals surface area contributed by atoms with E-state index in [1.807, 2.05) is 70.2 Å². The van der Waals surface area contributed by atoms with Crippen LogP contribution in [0.1, 0.15) is 38.3 Å². The molecule has 0 aliphatic heterocycles. The predicted molar refractivity (Wildman–Crippen MR) is 120 cm³/mol. The topological polar surface area (TPSA) is 64.0 Å². The molecular formula is C23H27N3O2S. The van der Waals surface area contributed by atoms with Gasteiger partial charge in [0.25, 0.3) is 5.56 Å². The second-order valence-corrected chi connectivity index (χ2v) is 8.81. The largest absolute Gasteiger partial charge is 0.351 e. The molecule has 0 spiro atoms. The third-order valence-electron chi connectivity index (χ3n) is 4.98. The monoisotopic (exact) mass is 409 g/mol. The molecular weight excluding hydrogens is 382 g/mol. The van der Waals surface area contributed by atoms with Gasteiger partial charge in [0.05, 0.1) is 23.2 Å². The van der Waals surface area contributed by atoms with Crippen molar-refractivity contribution >= 4 is 28.6 Å². The van der Waals surface area contributed by atoms with Gasteiger partial charge in [-0.05, 0) is 44.9 Å². The van der Waals surface area contributed by atoms with E-state index in [9.17, 15) is 9.59 Å². The number of fused-ring (bicyclic) bond motifs is 1. The highest BCUT2D eigenvalue weighted by Crippen LogP contribution is 2.19. The van der Waals surface area contributed by atoms with Crippen molar-refractivity contribution in [2.75, 3.05) is 5.75 Å². The highest BCUT2D eigenvalue weighted by Gasteiger charge is 2.19. The van der Waals surface area contributed by atoms with Gasteiger partial charge < -0.3 is 5.32 Å². The van der Waals surface area contributed by atoms with Gasteiger partial charge in [-0.15, -0.1) is 0 Å². The summed E-state index contributed by atoms with van der Waals surface area (Å²) in [7, 11) is 0. The summed E-state index contributed by atoms with van der Waals surface area (Å²) in [6.45, 7) is 8.48. The van der Waals surface area contributed by atoms with Crippen molar-refractivity contribution in [2.24, 2.45) is 0 Å². The number of hydrogen-bond acceptors (Lipinski definition) is 4. The lowest BCUT2D eigenvalue weighted by atomic mass is 10.0. The number of aromatic nitrogens is 2. The maximum Gasteiger partial charge on any atom is 0.262 e. The Morgan fingerprint density at radius 3 is 2.52 bits per heavy atom. The Morgan fingerprint density at radius 1 is 1.14 bits per heavy atom. The quantitative estimate of drug-likeness (QED) is 0.470. The van der Waals surface area contributed by atoms with Crippen molar-refractivity contribution in [1.29, 1.82) is 0 Å². The molecule has 2 aromatic carbocycles. The third-order valence-corrected chi connectivity index (χ3v) is 5.96. The number of carbonyl (C=O) groups excluding carboxylic acids is 1. The molecule has 0 aliphatic carbocycles. The Kier molecular flexibility index (Phi) is 6.42. The van der Waals surface area contributed by atoms with E-state index in [1.54, 1.807) is 10.6 Å². The zero-order valence-electron chi connectivity index (χ0n) is 17.4. The average Bonchev–Trinajstić information content (AvgIpc) is 2.70. The standard InChI is InChI=1S/C23H27N3O2S/c1-5-23(3,4)25-20(27)15-29-22-24-19-9-7-6-8-18(19)21(28)26(22)14-17-12-10-16(2)11-13-17/h6-13H,5,14-15H2,1-4H3,(H,25,27). The van der Waals surface area contributed by atoms with Crippen LogP contribution in [0.2, 0.25) is 0 Å². The van der Waals surface area contributed by atoms with E-state index in [0.29, 0.717) is 22.6 Å². The van der Waals surface area contributed by atoms with Crippen molar-refractivity contribution in [1.82, 2.24) is 14.9 Å². The molecule has 0 bridgehead atoms. The fourth-order valence-electron chi connectivity index (χ4n) is 2.91. The van der Waals surface area contributed by atoms with Crippen molar-refractivity contribution in [2.45, 2.75) is 51.4 Å². The molecule has 3 aromatic rings. The van der Waals surface area contributed by atoms with Crippen LogP contribution < -0.4 is 10.9 Å². The van der Waals surface area contributed by atoms with Crippen LogP contribution in [0.25, 0.3) is 10.9 Å². The van der Waals surface area contributed by atoms with E-state index >= 15 is 0 Å². The first kappa shape index (κ1) is 21.1. The van der Waals surface area contributed by atoms with Gasteiger partial charge in [0, 0.05) is 5.54 Å². The Labute approximate surface area is 175 Å². The van der Waals surface area contributed by atoms with Gasteiger partial charge in [-0.1, -0.05) is 60.6 Å². The summed E-state index contributed by atoms with van der Waals surface area (Å²) >= 11 is 1.30. The number of rotatable bonds is 7. The van der Waals surface area contributed by atoms with E-state index in [4.69, 9.17) is 0 Å². The second kappa shape index (κ2) is 8.82. The smallest absolute Gasteiger partial charge is 0.262 e. The molecule has 0 saturated carbocycles. The van der Waals surface area contributed by atoms with E-state index in [2.05, 4.69) is 10.3 Å². The number of nitrogens with one attached hydrogen (secondary N) is 1. The Bertz CT molecular complexity index is 1070. The summed E-state index contributed by atoms with van der Waals surface area (Å²) in [5.41, 5.74) is 2.49. The van der Waals surface area contributed by atoms with E-state index < -0.39 is 0 Å². The van der Waals surface area contributed by atoms with Crippen LogP contribution in [0.4, 0.5) is 0 Å². The molecule has 152 valence electrons. The van der Waals surface area contributed by atoms with E-state index in [0.717, 1.165) is 12.0 Å². The number of benzene rings is 2. The maximum absolute atomic E-state index is 13.1. The van der Waals surface area contributed by atoms with Crippen LogP contribution in [0.15, 0.2) is 58.5 Å². The normalized spacial score (nSPS) is 11.6. The first-order valence-corrected chi connectivity index (χ1v) is 10.8. The molecule has 6 heteroatoms. The van der Waals surface area contributed by atoms with Gasteiger partial charge in [0.15, 0.2) is 5.16 Å². The number of carbonyl (C=O) groups is 1. The fraction of sp³-hybridized carbons (Fsp3) is 0.348. The van der Waals surface area contributed by atoms with Crippen molar-refractivity contribution in [3.05, 3.63) is 70.0 Å². The number of para-hydroxylation sites is 1. The number of amides is 1. The molecule has 1 heterocycles. The van der Waals surface area contributed by atoms with Gasteiger partial charge in [-0.2, -0.15) is 0 Å². The molecule has 1 aromatic heterocycles. The molecule has 0 radical (unpaired) electrons. The van der Waals surface area contributed by atoms with Gasteiger partial charge in [-0.25, -0.2) is 4.98 Å². The molecule has 29 heavy (non-hydrogen) atoms. The van der Waals surface area contributed by atoms with Crippen LogP contribution in [0, 0.1) is 6.92 Å². The first-order chi connectivity index (χ1) is 13.8. The zero-order chi connectivity index (χ0) is 21.0. The number of nitrogens with zero attached hydrogens (tertiary/aromatic N) is 2. The van der Waals surface area contributed by atoms with Gasteiger partial charge in [-0.3, -0.25) is 14.2 Å². The summed E-state index contributed by atoms with van der Waals surface area (Å²) in [5, 5.41) is 4.17. The zero-order valence-corrected chi connectivity index (χ0v) is 18.2. The minimum absolute atomic E-state index is 0.0638. The van der Waals surface area contributed by atoms with Gasteiger partial charge >= 0.3 is 0 Å². The van der Waals surface area contributed by atoms with E-state index in [-0.39, 0.29) is 22.8 Å². The summed E-state index contributed by atoms with van der Waals surface area (Å²) in [4.78, 5) is 30.2. The highest BCUT2D eigenvalue weighted by molar-refractivity contribution is 7.99. The molecule has 0 aliphatic rings. The summed E-state index contributed by atoms with van der Waals surface area (Å²) in [6, 6.07) is 15.4.